The fraction of sp³-hybridized carbons (Fsp3) is 0.846. The summed E-state index contributed by atoms with van der Waals surface area (Å²) in [5.74, 6) is 0.0731. The first-order valence-corrected chi connectivity index (χ1v) is 7.26. The van der Waals surface area contributed by atoms with Crippen LogP contribution in [0.25, 0.3) is 0 Å². The minimum atomic E-state index is -0.367. The lowest BCUT2D eigenvalue weighted by atomic mass is 9.96. The van der Waals surface area contributed by atoms with Crippen molar-refractivity contribution in [2.75, 3.05) is 0 Å². The lowest BCUT2D eigenvalue weighted by Gasteiger charge is -2.26. The normalized spacial score (nSPS) is 18.4. The Labute approximate surface area is 115 Å². The Kier molecular flexibility index (Phi) is 6.39. The summed E-state index contributed by atoms with van der Waals surface area (Å²) in [6.45, 7) is 4.13. The average molecular weight is 271 g/mol. The molecule has 18 heavy (non-hydrogen) atoms. The highest BCUT2D eigenvalue weighted by Crippen LogP contribution is 2.17. The summed E-state index contributed by atoms with van der Waals surface area (Å²) >= 11 is 5.25. The quantitative estimate of drug-likeness (QED) is 0.666. The lowest BCUT2D eigenvalue weighted by molar-refractivity contribution is -0.120. The van der Waals surface area contributed by atoms with E-state index in [2.05, 4.69) is 24.5 Å². The second-order valence-corrected chi connectivity index (χ2v) is 5.95. The van der Waals surface area contributed by atoms with Crippen LogP contribution in [0.5, 0.6) is 0 Å². The van der Waals surface area contributed by atoms with Crippen molar-refractivity contribution in [3.05, 3.63) is 0 Å². The number of rotatable bonds is 5. The smallest absolute Gasteiger partial charge is 0.239 e. The lowest BCUT2D eigenvalue weighted by Crippen LogP contribution is -2.51. The predicted molar refractivity (Wildman–Crippen MR) is 78.2 cm³/mol. The fourth-order valence-corrected chi connectivity index (χ4v) is 2.66. The third kappa shape index (κ3) is 5.67. The summed E-state index contributed by atoms with van der Waals surface area (Å²) in [4.78, 5) is 11.3. The van der Waals surface area contributed by atoms with Gasteiger partial charge in [0.05, 0.1) is 0 Å². The molecule has 0 heterocycles. The van der Waals surface area contributed by atoms with Gasteiger partial charge in [0, 0.05) is 6.04 Å². The monoisotopic (exact) mass is 271 g/mol. The average Bonchev–Trinajstić information content (AvgIpc) is 2.28. The van der Waals surface area contributed by atoms with Gasteiger partial charge in [-0.15, -0.1) is 0 Å². The van der Waals surface area contributed by atoms with Gasteiger partial charge in [0.25, 0.3) is 0 Å². The third-order valence-corrected chi connectivity index (χ3v) is 3.53. The largest absolute Gasteiger partial charge is 0.368 e. The van der Waals surface area contributed by atoms with E-state index in [0.717, 1.165) is 12.8 Å². The number of thiocarbonyl (C=S) groups is 1. The van der Waals surface area contributed by atoms with Gasteiger partial charge in [-0.2, -0.15) is 0 Å². The summed E-state index contributed by atoms with van der Waals surface area (Å²) in [6.07, 6.45) is 6.86. The van der Waals surface area contributed by atoms with Crippen LogP contribution in [0.3, 0.4) is 0 Å². The standard InChI is InChI=1S/C13H25N3OS/c1-9(2)8-11(12(14)17)16-13(18)15-10-6-4-3-5-7-10/h9-11H,3-8H2,1-2H3,(H2,14,17)(H2,15,16,18)/t11-/m0/s1. The Hall–Kier alpha value is -0.840. The van der Waals surface area contributed by atoms with Gasteiger partial charge in [-0.3, -0.25) is 4.79 Å². The van der Waals surface area contributed by atoms with Crippen molar-refractivity contribution < 1.29 is 4.79 Å². The van der Waals surface area contributed by atoms with E-state index in [4.69, 9.17) is 18.0 Å². The number of nitrogens with two attached hydrogens (primary N) is 1. The van der Waals surface area contributed by atoms with Crippen molar-refractivity contribution in [2.24, 2.45) is 11.7 Å². The molecule has 1 aliphatic carbocycles. The zero-order chi connectivity index (χ0) is 13.5. The van der Waals surface area contributed by atoms with Gasteiger partial charge in [-0.05, 0) is 37.4 Å². The molecule has 1 fully saturated rings. The highest BCUT2D eigenvalue weighted by atomic mass is 32.1. The Morgan fingerprint density at radius 3 is 2.44 bits per heavy atom. The van der Waals surface area contributed by atoms with E-state index in [1.807, 2.05) is 0 Å². The van der Waals surface area contributed by atoms with Crippen molar-refractivity contribution in [1.82, 2.24) is 10.6 Å². The molecule has 4 N–H and O–H groups in total. The molecule has 0 radical (unpaired) electrons. The molecular weight excluding hydrogens is 246 g/mol. The Bertz CT molecular complexity index is 288. The minimum absolute atomic E-state index is 0.337. The highest BCUT2D eigenvalue weighted by molar-refractivity contribution is 7.80. The molecule has 5 heteroatoms. The topological polar surface area (TPSA) is 67.2 Å². The summed E-state index contributed by atoms with van der Waals surface area (Å²) in [7, 11) is 0. The fourth-order valence-electron chi connectivity index (χ4n) is 2.35. The van der Waals surface area contributed by atoms with Crippen LogP contribution in [0.15, 0.2) is 0 Å². The zero-order valence-electron chi connectivity index (χ0n) is 11.4. The molecule has 1 amide bonds. The van der Waals surface area contributed by atoms with Crippen LogP contribution in [0.1, 0.15) is 52.4 Å². The van der Waals surface area contributed by atoms with E-state index in [9.17, 15) is 4.79 Å². The molecule has 0 aromatic heterocycles. The molecule has 1 aliphatic rings. The third-order valence-electron chi connectivity index (χ3n) is 3.30. The first-order chi connectivity index (χ1) is 8.49. The molecule has 104 valence electrons. The molecule has 1 rings (SSSR count). The van der Waals surface area contributed by atoms with Crippen LogP contribution in [0, 0.1) is 5.92 Å². The van der Waals surface area contributed by atoms with E-state index in [0.29, 0.717) is 23.5 Å². The van der Waals surface area contributed by atoms with Crippen LogP contribution in [0.2, 0.25) is 0 Å². The van der Waals surface area contributed by atoms with Gasteiger partial charge in [0.1, 0.15) is 6.04 Å². The SMILES string of the molecule is CC(C)C[C@H](NC(=S)NC1CCCCC1)C(N)=O. The maximum atomic E-state index is 11.3. The number of carbonyl (C=O) groups is 1. The first kappa shape index (κ1) is 15.2. The van der Waals surface area contributed by atoms with E-state index < -0.39 is 0 Å². The zero-order valence-corrected chi connectivity index (χ0v) is 12.2. The summed E-state index contributed by atoms with van der Waals surface area (Å²) < 4.78 is 0. The van der Waals surface area contributed by atoms with E-state index in [-0.39, 0.29) is 11.9 Å². The number of primary amides is 1. The van der Waals surface area contributed by atoms with Crippen LogP contribution in [-0.2, 0) is 4.79 Å². The van der Waals surface area contributed by atoms with Gasteiger partial charge < -0.3 is 16.4 Å². The Balaban J connectivity index is 2.37. The minimum Gasteiger partial charge on any atom is -0.368 e. The van der Waals surface area contributed by atoms with E-state index in [1.165, 1.54) is 19.3 Å². The van der Waals surface area contributed by atoms with Gasteiger partial charge in [-0.25, -0.2) is 0 Å². The second kappa shape index (κ2) is 7.56. The molecule has 0 aromatic carbocycles. The number of hydrogen-bond donors (Lipinski definition) is 3. The number of hydrogen-bond acceptors (Lipinski definition) is 2. The maximum absolute atomic E-state index is 11.3. The summed E-state index contributed by atoms with van der Waals surface area (Å²) in [6, 6.07) is 0.0833. The molecule has 1 atom stereocenters. The number of amides is 1. The van der Waals surface area contributed by atoms with Gasteiger partial charge in [-0.1, -0.05) is 33.1 Å². The summed E-state index contributed by atoms with van der Waals surface area (Å²) in [5, 5.41) is 6.89. The molecule has 0 bridgehead atoms. The molecule has 1 saturated carbocycles. The van der Waals surface area contributed by atoms with Crippen molar-refractivity contribution >= 4 is 23.2 Å². The number of nitrogens with one attached hydrogen (secondary N) is 2. The molecule has 0 saturated heterocycles. The Morgan fingerprint density at radius 1 is 1.33 bits per heavy atom. The molecule has 0 aromatic rings. The Morgan fingerprint density at radius 2 is 1.94 bits per heavy atom. The molecule has 4 nitrogen and oxygen atoms in total. The van der Waals surface area contributed by atoms with E-state index in [1.54, 1.807) is 0 Å². The van der Waals surface area contributed by atoms with Crippen LogP contribution in [0.4, 0.5) is 0 Å². The number of carbonyl (C=O) groups excluding carboxylic acids is 1. The van der Waals surface area contributed by atoms with Gasteiger partial charge in [0.2, 0.25) is 5.91 Å². The first-order valence-electron chi connectivity index (χ1n) is 6.85. The van der Waals surface area contributed by atoms with Crippen LogP contribution >= 0.6 is 12.2 Å². The second-order valence-electron chi connectivity index (χ2n) is 5.54. The predicted octanol–water partition coefficient (Wildman–Crippen LogP) is 1.68. The van der Waals surface area contributed by atoms with Gasteiger partial charge >= 0.3 is 0 Å². The summed E-state index contributed by atoms with van der Waals surface area (Å²) in [5.41, 5.74) is 5.38. The maximum Gasteiger partial charge on any atom is 0.239 e. The van der Waals surface area contributed by atoms with Crippen LogP contribution in [-0.4, -0.2) is 23.1 Å². The van der Waals surface area contributed by atoms with Crippen molar-refractivity contribution in [2.45, 2.75) is 64.5 Å². The van der Waals surface area contributed by atoms with Gasteiger partial charge in [0.15, 0.2) is 5.11 Å². The molecule has 0 spiro atoms. The molecule has 0 aliphatic heterocycles. The molecule has 0 unspecified atom stereocenters. The van der Waals surface area contributed by atoms with Crippen LogP contribution < -0.4 is 16.4 Å². The van der Waals surface area contributed by atoms with Crippen molar-refractivity contribution in [3.63, 3.8) is 0 Å². The van der Waals surface area contributed by atoms with E-state index >= 15 is 0 Å². The highest BCUT2D eigenvalue weighted by Gasteiger charge is 2.19. The van der Waals surface area contributed by atoms with Crippen molar-refractivity contribution in [1.29, 1.82) is 0 Å². The van der Waals surface area contributed by atoms with Crippen molar-refractivity contribution in [3.8, 4) is 0 Å². The molecular formula is C13H25N3OS.